The van der Waals surface area contributed by atoms with Crippen molar-refractivity contribution in [3.05, 3.63) is 0 Å². The van der Waals surface area contributed by atoms with Crippen molar-refractivity contribution in [2.75, 3.05) is 13.6 Å². The predicted octanol–water partition coefficient (Wildman–Crippen LogP) is 1.98. The van der Waals surface area contributed by atoms with E-state index in [0.29, 0.717) is 12.8 Å². The molecule has 2 amide bonds. The van der Waals surface area contributed by atoms with Crippen LogP contribution >= 0.6 is 0 Å². The molecule has 5 nitrogen and oxygen atoms in total. The number of hydrogen-bond donors (Lipinski definition) is 2. The molecule has 2 N–H and O–H groups in total. The summed E-state index contributed by atoms with van der Waals surface area (Å²) in [4.78, 5) is 23.3. The summed E-state index contributed by atoms with van der Waals surface area (Å²) in [5.74, 6) is -1.03. The molecular formula is C11H17F3N2O3. The van der Waals surface area contributed by atoms with Crippen LogP contribution in [0.1, 0.15) is 32.1 Å². The SMILES string of the molecule is CN(CCC(F)(F)F)C(=O)NC1(CC(=O)O)CCC1. The van der Waals surface area contributed by atoms with Crippen molar-refractivity contribution < 1.29 is 27.9 Å². The zero-order valence-corrected chi connectivity index (χ0v) is 10.6. The van der Waals surface area contributed by atoms with E-state index in [2.05, 4.69) is 5.32 Å². The number of halogens is 3. The summed E-state index contributed by atoms with van der Waals surface area (Å²) >= 11 is 0. The molecule has 0 saturated heterocycles. The fourth-order valence-electron chi connectivity index (χ4n) is 1.96. The molecule has 1 saturated carbocycles. The van der Waals surface area contributed by atoms with Gasteiger partial charge in [0.15, 0.2) is 0 Å². The van der Waals surface area contributed by atoms with Gasteiger partial charge < -0.3 is 15.3 Å². The van der Waals surface area contributed by atoms with Gasteiger partial charge in [-0.05, 0) is 19.3 Å². The maximum atomic E-state index is 12.0. The van der Waals surface area contributed by atoms with Crippen LogP contribution in [0.2, 0.25) is 0 Å². The van der Waals surface area contributed by atoms with Gasteiger partial charge in [0.25, 0.3) is 0 Å². The van der Waals surface area contributed by atoms with Gasteiger partial charge in [-0.15, -0.1) is 0 Å². The van der Waals surface area contributed by atoms with E-state index in [4.69, 9.17) is 5.11 Å². The highest BCUT2D eigenvalue weighted by molar-refractivity contribution is 5.77. The zero-order valence-electron chi connectivity index (χ0n) is 10.6. The molecule has 0 aromatic carbocycles. The van der Waals surface area contributed by atoms with Crippen molar-refractivity contribution in [2.24, 2.45) is 0 Å². The molecule has 1 aliphatic carbocycles. The van der Waals surface area contributed by atoms with Crippen molar-refractivity contribution >= 4 is 12.0 Å². The van der Waals surface area contributed by atoms with Crippen LogP contribution < -0.4 is 5.32 Å². The van der Waals surface area contributed by atoms with E-state index in [1.165, 1.54) is 7.05 Å². The highest BCUT2D eigenvalue weighted by Gasteiger charge is 2.41. The Morgan fingerprint density at radius 2 is 1.95 bits per heavy atom. The molecule has 1 fully saturated rings. The van der Waals surface area contributed by atoms with Gasteiger partial charge in [-0.2, -0.15) is 13.2 Å². The van der Waals surface area contributed by atoms with Crippen LogP contribution in [-0.4, -0.2) is 47.3 Å². The van der Waals surface area contributed by atoms with Gasteiger partial charge in [0.2, 0.25) is 0 Å². The molecule has 0 aromatic rings. The Morgan fingerprint density at radius 1 is 1.37 bits per heavy atom. The van der Waals surface area contributed by atoms with Gasteiger partial charge in [0.1, 0.15) is 0 Å². The molecular weight excluding hydrogens is 265 g/mol. The van der Waals surface area contributed by atoms with E-state index in [1.54, 1.807) is 0 Å². The number of hydrogen-bond acceptors (Lipinski definition) is 2. The van der Waals surface area contributed by atoms with Crippen molar-refractivity contribution in [1.82, 2.24) is 10.2 Å². The Morgan fingerprint density at radius 3 is 2.32 bits per heavy atom. The molecule has 0 bridgehead atoms. The van der Waals surface area contributed by atoms with Gasteiger partial charge in [-0.3, -0.25) is 4.79 Å². The maximum Gasteiger partial charge on any atom is 0.390 e. The van der Waals surface area contributed by atoms with Crippen molar-refractivity contribution in [3.63, 3.8) is 0 Å². The normalized spacial score (nSPS) is 17.5. The Kier molecular flexibility index (Phi) is 4.65. The largest absolute Gasteiger partial charge is 0.481 e. The molecule has 8 heteroatoms. The van der Waals surface area contributed by atoms with Gasteiger partial charge >= 0.3 is 18.2 Å². The van der Waals surface area contributed by atoms with Crippen LogP contribution in [-0.2, 0) is 4.79 Å². The molecule has 0 atom stereocenters. The van der Waals surface area contributed by atoms with Gasteiger partial charge in [-0.1, -0.05) is 0 Å². The standard InChI is InChI=1S/C11H17F3N2O3/c1-16(6-5-11(12,13)14)9(19)15-10(3-2-4-10)7-8(17)18/h2-7H2,1H3,(H,15,19)(H,17,18). The number of carbonyl (C=O) groups is 2. The Labute approximate surface area is 108 Å². The molecule has 0 spiro atoms. The monoisotopic (exact) mass is 282 g/mol. The second-order valence-electron chi connectivity index (χ2n) is 4.92. The van der Waals surface area contributed by atoms with Gasteiger partial charge in [-0.25, -0.2) is 4.79 Å². The predicted molar refractivity (Wildman–Crippen MR) is 60.7 cm³/mol. The van der Waals surface area contributed by atoms with E-state index >= 15 is 0 Å². The lowest BCUT2D eigenvalue weighted by molar-refractivity contribution is -0.139. The van der Waals surface area contributed by atoms with Crippen LogP contribution in [0.15, 0.2) is 0 Å². The fourth-order valence-corrected chi connectivity index (χ4v) is 1.96. The summed E-state index contributed by atoms with van der Waals surface area (Å²) in [5, 5.41) is 11.3. The van der Waals surface area contributed by atoms with Crippen LogP contribution in [0.4, 0.5) is 18.0 Å². The Balaban J connectivity index is 2.46. The third-order valence-corrected chi connectivity index (χ3v) is 3.25. The zero-order chi connectivity index (χ0) is 14.7. The van der Waals surface area contributed by atoms with E-state index < -0.39 is 36.7 Å². The number of rotatable bonds is 5. The first-order valence-corrected chi connectivity index (χ1v) is 5.95. The average molecular weight is 282 g/mol. The number of carboxylic acids is 1. The number of nitrogens with one attached hydrogen (secondary N) is 1. The molecule has 1 rings (SSSR count). The molecule has 1 aliphatic rings. The number of aliphatic carboxylic acids is 1. The van der Waals surface area contributed by atoms with E-state index in [1.807, 2.05) is 0 Å². The van der Waals surface area contributed by atoms with Crippen molar-refractivity contribution in [1.29, 1.82) is 0 Å². The number of urea groups is 1. The minimum Gasteiger partial charge on any atom is -0.481 e. The van der Waals surface area contributed by atoms with Gasteiger partial charge in [0.05, 0.1) is 18.4 Å². The number of carbonyl (C=O) groups excluding carboxylic acids is 1. The highest BCUT2D eigenvalue weighted by Crippen LogP contribution is 2.35. The smallest absolute Gasteiger partial charge is 0.390 e. The minimum atomic E-state index is -4.32. The van der Waals surface area contributed by atoms with E-state index in [-0.39, 0.29) is 6.42 Å². The third kappa shape index (κ3) is 4.96. The number of amides is 2. The topological polar surface area (TPSA) is 69.6 Å². The van der Waals surface area contributed by atoms with Crippen LogP contribution in [0.25, 0.3) is 0 Å². The number of carboxylic acid groups (broad SMARTS) is 1. The first kappa shape index (κ1) is 15.6. The fraction of sp³-hybridized carbons (Fsp3) is 0.818. The minimum absolute atomic E-state index is 0.203. The second-order valence-corrected chi connectivity index (χ2v) is 4.92. The second kappa shape index (κ2) is 5.66. The Hall–Kier alpha value is -1.47. The van der Waals surface area contributed by atoms with Gasteiger partial charge in [0, 0.05) is 13.6 Å². The molecule has 0 heterocycles. The first-order valence-electron chi connectivity index (χ1n) is 5.95. The maximum absolute atomic E-state index is 12.0. The van der Waals surface area contributed by atoms with Crippen LogP contribution in [0.3, 0.4) is 0 Å². The van der Waals surface area contributed by atoms with Crippen molar-refractivity contribution in [2.45, 2.75) is 43.8 Å². The highest BCUT2D eigenvalue weighted by atomic mass is 19.4. The summed E-state index contributed by atoms with van der Waals surface area (Å²) in [5.41, 5.74) is -0.796. The van der Waals surface area contributed by atoms with E-state index in [9.17, 15) is 22.8 Å². The molecule has 110 valence electrons. The van der Waals surface area contributed by atoms with Crippen molar-refractivity contribution in [3.8, 4) is 0 Å². The molecule has 0 aliphatic heterocycles. The summed E-state index contributed by atoms with van der Waals surface area (Å²) in [6.07, 6.45) is -3.71. The first-order chi connectivity index (χ1) is 8.64. The lowest BCUT2D eigenvalue weighted by atomic mass is 9.74. The van der Waals surface area contributed by atoms with Crippen LogP contribution in [0, 0.1) is 0 Å². The quantitative estimate of drug-likeness (QED) is 0.810. The summed E-state index contributed by atoms with van der Waals surface area (Å²) in [6.45, 7) is -0.446. The molecule has 0 unspecified atom stereocenters. The molecule has 0 aromatic heterocycles. The molecule has 19 heavy (non-hydrogen) atoms. The average Bonchev–Trinajstić information content (AvgIpc) is 2.20. The summed E-state index contributed by atoms with van der Waals surface area (Å²) in [7, 11) is 1.26. The number of nitrogens with zero attached hydrogens (tertiary/aromatic N) is 1. The Bertz CT molecular complexity index is 354. The summed E-state index contributed by atoms with van der Waals surface area (Å²) < 4.78 is 36.1. The number of alkyl halides is 3. The van der Waals surface area contributed by atoms with Crippen LogP contribution in [0.5, 0.6) is 0 Å². The lowest BCUT2D eigenvalue weighted by Gasteiger charge is -2.42. The third-order valence-electron chi connectivity index (χ3n) is 3.25. The molecule has 0 radical (unpaired) electrons. The van der Waals surface area contributed by atoms with E-state index in [0.717, 1.165) is 11.3 Å². The summed E-state index contributed by atoms with van der Waals surface area (Å²) in [6, 6.07) is -0.662. The lowest BCUT2D eigenvalue weighted by Crippen LogP contribution is -2.57.